The van der Waals surface area contributed by atoms with E-state index in [0.29, 0.717) is 10.2 Å². The van der Waals surface area contributed by atoms with Crippen LogP contribution in [0.1, 0.15) is 29.5 Å². The summed E-state index contributed by atoms with van der Waals surface area (Å²) in [7, 11) is 0. The number of aromatic nitrogens is 1. The number of thiophene rings is 1. The van der Waals surface area contributed by atoms with Crippen molar-refractivity contribution in [3.8, 4) is 0 Å². The van der Waals surface area contributed by atoms with Crippen molar-refractivity contribution in [2.75, 3.05) is 0 Å². The first-order valence-electron chi connectivity index (χ1n) is 7.50. The molecule has 0 bridgehead atoms. The van der Waals surface area contributed by atoms with Gasteiger partial charge in [0.2, 0.25) is 5.89 Å². The number of nitrogens with zero attached hydrogens (tertiary/aromatic N) is 1. The number of hydrogen-bond acceptors (Lipinski definition) is 7. The summed E-state index contributed by atoms with van der Waals surface area (Å²) in [6, 6.07) is 8.49. The van der Waals surface area contributed by atoms with Crippen LogP contribution in [0.15, 0.2) is 43.3 Å². The van der Waals surface area contributed by atoms with Crippen LogP contribution in [0.5, 0.6) is 0 Å². The molecule has 0 aliphatic heterocycles. The highest BCUT2D eigenvalue weighted by Gasteiger charge is 2.21. The van der Waals surface area contributed by atoms with Crippen molar-refractivity contribution in [2.24, 2.45) is 5.73 Å². The van der Waals surface area contributed by atoms with Crippen LogP contribution in [-0.2, 0) is 16.1 Å². The van der Waals surface area contributed by atoms with Gasteiger partial charge < -0.3 is 14.9 Å². The summed E-state index contributed by atoms with van der Waals surface area (Å²) in [5.41, 5.74) is 7.12. The fourth-order valence-electron chi connectivity index (χ4n) is 2.28. The predicted octanol–water partition coefficient (Wildman–Crippen LogP) is 3.45. The first-order valence-corrected chi connectivity index (χ1v) is 9.11. The monoisotopic (exact) mass is 422 g/mol. The summed E-state index contributed by atoms with van der Waals surface area (Å²) in [5.74, 6) is -0.452. The molecule has 6 nitrogen and oxygen atoms in total. The summed E-state index contributed by atoms with van der Waals surface area (Å²) < 4.78 is 11.2. The number of ether oxygens (including phenoxy) is 1. The standard InChI is InChI=1S/C17H15BrN2O4S/c1-9-13-16(25-14(9)18)20-15(24-17(13)22)11(19)7-12(21)23-8-10-5-3-2-4-6-10/h2-6,11H,7-8,19H2,1H3. The maximum Gasteiger partial charge on any atom is 0.348 e. The molecule has 0 aliphatic rings. The molecule has 0 fully saturated rings. The Morgan fingerprint density at radius 1 is 1.40 bits per heavy atom. The van der Waals surface area contributed by atoms with Gasteiger partial charge >= 0.3 is 11.6 Å². The highest BCUT2D eigenvalue weighted by Crippen LogP contribution is 2.32. The molecule has 130 valence electrons. The number of hydrogen-bond donors (Lipinski definition) is 1. The molecule has 3 aromatic rings. The van der Waals surface area contributed by atoms with E-state index >= 15 is 0 Å². The highest BCUT2D eigenvalue weighted by molar-refractivity contribution is 9.11. The maximum atomic E-state index is 12.1. The maximum absolute atomic E-state index is 12.1. The zero-order valence-electron chi connectivity index (χ0n) is 13.3. The first-order chi connectivity index (χ1) is 12.0. The van der Waals surface area contributed by atoms with Gasteiger partial charge in [-0.3, -0.25) is 4.79 Å². The third kappa shape index (κ3) is 3.97. The quantitative estimate of drug-likeness (QED) is 0.632. The topological polar surface area (TPSA) is 95.4 Å². The Hall–Kier alpha value is -2.03. The molecule has 0 saturated heterocycles. The molecule has 3 rings (SSSR count). The molecular weight excluding hydrogens is 408 g/mol. The molecule has 8 heteroatoms. The number of aryl methyl sites for hydroxylation is 1. The summed E-state index contributed by atoms with van der Waals surface area (Å²) in [5, 5.41) is 0.430. The molecule has 1 atom stereocenters. The molecule has 0 radical (unpaired) electrons. The molecule has 0 amide bonds. The Kier molecular flexibility index (Phi) is 5.31. The number of nitrogens with two attached hydrogens (primary N) is 1. The van der Waals surface area contributed by atoms with Gasteiger partial charge in [0.25, 0.3) is 0 Å². The third-order valence-corrected chi connectivity index (χ3v) is 5.68. The van der Waals surface area contributed by atoms with E-state index in [-0.39, 0.29) is 18.9 Å². The van der Waals surface area contributed by atoms with Crippen LogP contribution >= 0.6 is 27.3 Å². The zero-order valence-corrected chi connectivity index (χ0v) is 15.7. The lowest BCUT2D eigenvalue weighted by atomic mass is 10.2. The molecule has 25 heavy (non-hydrogen) atoms. The molecule has 2 aromatic heterocycles. The Labute approximate surface area is 155 Å². The van der Waals surface area contributed by atoms with E-state index in [1.54, 1.807) is 0 Å². The van der Waals surface area contributed by atoms with E-state index in [2.05, 4.69) is 20.9 Å². The number of carbonyl (C=O) groups is 1. The molecular formula is C17H15BrN2O4S. The van der Waals surface area contributed by atoms with Crippen LogP contribution in [0.3, 0.4) is 0 Å². The van der Waals surface area contributed by atoms with Gasteiger partial charge in [-0.15, -0.1) is 11.3 Å². The lowest BCUT2D eigenvalue weighted by molar-refractivity contribution is -0.145. The molecule has 0 saturated carbocycles. The second-order valence-corrected chi connectivity index (χ2v) is 7.79. The van der Waals surface area contributed by atoms with Gasteiger partial charge in [0.15, 0.2) is 0 Å². The Morgan fingerprint density at radius 3 is 2.84 bits per heavy atom. The average molecular weight is 423 g/mol. The average Bonchev–Trinajstić information content (AvgIpc) is 2.88. The van der Waals surface area contributed by atoms with Crippen LogP contribution in [0.4, 0.5) is 0 Å². The van der Waals surface area contributed by atoms with Crippen molar-refractivity contribution in [1.82, 2.24) is 4.98 Å². The lowest BCUT2D eigenvalue weighted by Gasteiger charge is -2.09. The fraction of sp³-hybridized carbons (Fsp3) is 0.235. The lowest BCUT2D eigenvalue weighted by Crippen LogP contribution is -2.20. The minimum absolute atomic E-state index is 0.0305. The van der Waals surface area contributed by atoms with Gasteiger partial charge in [-0.05, 0) is 34.0 Å². The molecule has 0 aliphatic carbocycles. The number of carbonyl (C=O) groups excluding carboxylic acids is 1. The summed E-state index contributed by atoms with van der Waals surface area (Å²) in [6.45, 7) is 1.97. The van der Waals surface area contributed by atoms with Gasteiger partial charge in [-0.2, -0.15) is 0 Å². The highest BCUT2D eigenvalue weighted by atomic mass is 79.9. The van der Waals surface area contributed by atoms with Gasteiger partial charge in [-0.25, -0.2) is 9.78 Å². The second kappa shape index (κ2) is 7.47. The summed E-state index contributed by atoms with van der Waals surface area (Å²) >= 11 is 4.70. The largest absolute Gasteiger partial charge is 0.461 e. The van der Waals surface area contributed by atoms with Crippen molar-refractivity contribution in [1.29, 1.82) is 0 Å². The van der Waals surface area contributed by atoms with E-state index in [9.17, 15) is 9.59 Å². The van der Waals surface area contributed by atoms with E-state index < -0.39 is 17.6 Å². The van der Waals surface area contributed by atoms with Crippen molar-refractivity contribution in [3.63, 3.8) is 0 Å². The van der Waals surface area contributed by atoms with Crippen molar-refractivity contribution < 1.29 is 13.9 Å². The molecule has 2 N–H and O–H groups in total. The van der Waals surface area contributed by atoms with Crippen molar-refractivity contribution in [2.45, 2.75) is 26.0 Å². The van der Waals surface area contributed by atoms with Crippen LogP contribution in [0, 0.1) is 6.92 Å². The SMILES string of the molecule is Cc1c(Br)sc2nc(C(N)CC(=O)OCc3ccccc3)oc(=O)c12. The van der Waals surface area contributed by atoms with Crippen molar-refractivity contribution in [3.05, 3.63) is 61.6 Å². The minimum atomic E-state index is -0.846. The number of fused-ring (bicyclic) bond motifs is 1. The van der Waals surface area contributed by atoms with Crippen LogP contribution in [-0.4, -0.2) is 11.0 Å². The number of benzene rings is 1. The summed E-state index contributed by atoms with van der Waals surface area (Å²) in [4.78, 5) is 28.9. The van der Waals surface area contributed by atoms with Crippen molar-refractivity contribution >= 4 is 43.5 Å². The second-order valence-electron chi connectivity index (χ2n) is 5.48. The smallest absolute Gasteiger partial charge is 0.348 e. The molecule has 2 heterocycles. The van der Waals surface area contributed by atoms with Gasteiger partial charge in [0, 0.05) is 0 Å². The van der Waals surface area contributed by atoms with Crippen LogP contribution < -0.4 is 11.4 Å². The zero-order chi connectivity index (χ0) is 18.0. The molecule has 0 spiro atoms. The predicted molar refractivity (Wildman–Crippen MR) is 98.4 cm³/mol. The van der Waals surface area contributed by atoms with E-state index in [1.165, 1.54) is 11.3 Å². The minimum Gasteiger partial charge on any atom is -0.461 e. The third-order valence-electron chi connectivity index (χ3n) is 3.63. The number of halogens is 1. The Morgan fingerprint density at radius 2 is 2.12 bits per heavy atom. The van der Waals surface area contributed by atoms with E-state index in [0.717, 1.165) is 14.9 Å². The Bertz CT molecular complexity index is 968. The molecule has 1 unspecified atom stereocenters. The van der Waals surface area contributed by atoms with E-state index in [4.69, 9.17) is 14.9 Å². The summed E-state index contributed by atoms with van der Waals surface area (Å²) in [6.07, 6.45) is -0.125. The first kappa shape index (κ1) is 17.8. The van der Waals surface area contributed by atoms with Gasteiger partial charge in [-0.1, -0.05) is 30.3 Å². The van der Waals surface area contributed by atoms with Gasteiger partial charge in [0.05, 0.1) is 16.2 Å². The number of rotatable bonds is 5. The molecule has 1 aromatic carbocycles. The van der Waals surface area contributed by atoms with Gasteiger partial charge in [0.1, 0.15) is 16.8 Å². The fourth-order valence-corrected chi connectivity index (χ4v) is 3.84. The normalized spacial score (nSPS) is 12.3. The van der Waals surface area contributed by atoms with E-state index in [1.807, 2.05) is 37.3 Å². The number of esters is 1. The van der Waals surface area contributed by atoms with Crippen LogP contribution in [0.25, 0.3) is 10.2 Å². The Balaban J connectivity index is 1.70. The van der Waals surface area contributed by atoms with Crippen LogP contribution in [0.2, 0.25) is 0 Å².